The summed E-state index contributed by atoms with van der Waals surface area (Å²) in [5.41, 5.74) is 5.88. The van der Waals surface area contributed by atoms with Crippen LogP contribution < -0.4 is 5.73 Å². The Morgan fingerprint density at radius 2 is 2.24 bits per heavy atom. The zero-order valence-electron chi connectivity index (χ0n) is 10.6. The Kier molecular flexibility index (Phi) is 4.01. The summed E-state index contributed by atoms with van der Waals surface area (Å²) in [5, 5.41) is 0. The third-order valence-corrected chi connectivity index (χ3v) is 3.95. The Hall–Kier alpha value is -0.650. The van der Waals surface area contributed by atoms with Gasteiger partial charge in [0.15, 0.2) is 0 Å². The number of ether oxygens (including phenoxy) is 2. The van der Waals surface area contributed by atoms with Crippen molar-refractivity contribution in [3.05, 3.63) is 0 Å². The van der Waals surface area contributed by atoms with E-state index in [9.17, 15) is 4.79 Å². The Morgan fingerprint density at radius 1 is 1.47 bits per heavy atom. The van der Waals surface area contributed by atoms with Gasteiger partial charge in [-0.15, -0.1) is 0 Å². The number of carbonyl (C=O) groups is 1. The summed E-state index contributed by atoms with van der Waals surface area (Å²) in [6.45, 7) is 4.61. The van der Waals surface area contributed by atoms with Crippen LogP contribution in [0.5, 0.6) is 0 Å². The van der Waals surface area contributed by atoms with Gasteiger partial charge in [0.25, 0.3) is 0 Å². The van der Waals surface area contributed by atoms with E-state index in [2.05, 4.69) is 6.92 Å². The lowest BCUT2D eigenvalue weighted by Gasteiger charge is -2.37. The Labute approximate surface area is 102 Å². The van der Waals surface area contributed by atoms with E-state index in [1.807, 2.05) is 4.90 Å². The molecular formula is C12H22N2O3. The van der Waals surface area contributed by atoms with Crippen LogP contribution in [0.4, 0.5) is 0 Å². The van der Waals surface area contributed by atoms with Gasteiger partial charge in [-0.25, -0.2) is 0 Å². The number of piperidine rings is 1. The van der Waals surface area contributed by atoms with Crippen molar-refractivity contribution in [2.75, 3.05) is 33.4 Å². The second-order valence-electron chi connectivity index (χ2n) is 5.13. The van der Waals surface area contributed by atoms with Crippen LogP contribution in [0, 0.1) is 11.8 Å². The average Bonchev–Trinajstić information content (AvgIpc) is 2.75. The summed E-state index contributed by atoms with van der Waals surface area (Å²) in [4.78, 5) is 14.2. The number of nitrogens with two attached hydrogens (primary N) is 1. The zero-order chi connectivity index (χ0) is 12.4. The quantitative estimate of drug-likeness (QED) is 0.731. The minimum Gasteiger partial charge on any atom is -0.379 e. The Morgan fingerprint density at radius 3 is 2.82 bits per heavy atom. The molecular weight excluding hydrogens is 220 g/mol. The molecule has 17 heavy (non-hydrogen) atoms. The maximum Gasteiger partial charge on any atom is 0.229 e. The van der Waals surface area contributed by atoms with Crippen molar-refractivity contribution in [1.82, 2.24) is 4.90 Å². The molecule has 0 aromatic carbocycles. The molecule has 2 rings (SSSR count). The van der Waals surface area contributed by atoms with Crippen molar-refractivity contribution in [3.8, 4) is 0 Å². The topological polar surface area (TPSA) is 64.8 Å². The average molecular weight is 242 g/mol. The molecule has 0 radical (unpaired) electrons. The van der Waals surface area contributed by atoms with Gasteiger partial charge in [0, 0.05) is 26.2 Å². The van der Waals surface area contributed by atoms with Crippen LogP contribution in [0.3, 0.4) is 0 Å². The maximum absolute atomic E-state index is 12.3. The van der Waals surface area contributed by atoms with Gasteiger partial charge in [-0.2, -0.15) is 0 Å². The Bertz CT molecular complexity index is 285. The summed E-state index contributed by atoms with van der Waals surface area (Å²) in [7, 11) is 1.71. The largest absolute Gasteiger partial charge is 0.379 e. The monoisotopic (exact) mass is 242 g/mol. The highest BCUT2D eigenvalue weighted by Crippen LogP contribution is 2.23. The summed E-state index contributed by atoms with van der Waals surface area (Å²) < 4.78 is 10.7. The molecule has 2 N–H and O–H groups in total. The van der Waals surface area contributed by atoms with Crippen LogP contribution in [-0.2, 0) is 14.3 Å². The number of hydrogen-bond donors (Lipinski definition) is 1. The van der Waals surface area contributed by atoms with Crippen molar-refractivity contribution in [2.45, 2.75) is 25.5 Å². The maximum atomic E-state index is 12.3. The van der Waals surface area contributed by atoms with Crippen LogP contribution in [0.15, 0.2) is 0 Å². The van der Waals surface area contributed by atoms with Gasteiger partial charge in [-0.1, -0.05) is 6.92 Å². The van der Waals surface area contributed by atoms with Gasteiger partial charge >= 0.3 is 0 Å². The summed E-state index contributed by atoms with van der Waals surface area (Å²) >= 11 is 0. The van der Waals surface area contributed by atoms with E-state index in [1.165, 1.54) is 0 Å². The van der Waals surface area contributed by atoms with E-state index in [-0.39, 0.29) is 24.0 Å². The normalized spacial score (nSPS) is 38.4. The molecule has 2 aliphatic heterocycles. The molecule has 4 unspecified atom stereocenters. The number of amides is 1. The number of methoxy groups -OCH3 is 1. The third-order valence-electron chi connectivity index (χ3n) is 3.95. The molecule has 2 fully saturated rings. The SMILES string of the molecule is COC1CN(C(=O)C2COCC2N)CCC1C. The standard InChI is InChI=1S/C12H22N2O3/c1-8-3-4-14(5-11(8)16-2)12(15)9-6-17-7-10(9)13/h8-11H,3-7,13H2,1-2H3. The lowest BCUT2D eigenvalue weighted by atomic mass is 9.94. The lowest BCUT2D eigenvalue weighted by Crippen LogP contribution is -2.51. The number of rotatable bonds is 2. The van der Waals surface area contributed by atoms with E-state index >= 15 is 0 Å². The van der Waals surface area contributed by atoms with Crippen LogP contribution in [0.25, 0.3) is 0 Å². The molecule has 0 bridgehead atoms. The smallest absolute Gasteiger partial charge is 0.229 e. The van der Waals surface area contributed by atoms with Gasteiger partial charge < -0.3 is 20.1 Å². The number of carbonyl (C=O) groups excluding carboxylic acids is 1. The van der Waals surface area contributed by atoms with Crippen molar-refractivity contribution < 1.29 is 14.3 Å². The Balaban J connectivity index is 1.95. The first-order valence-corrected chi connectivity index (χ1v) is 6.28. The number of likely N-dealkylation sites (tertiary alicyclic amines) is 1. The molecule has 2 saturated heterocycles. The van der Waals surface area contributed by atoms with Crippen LogP contribution >= 0.6 is 0 Å². The molecule has 0 aromatic heterocycles. The minimum absolute atomic E-state index is 0.129. The van der Waals surface area contributed by atoms with E-state index in [4.69, 9.17) is 15.2 Å². The predicted molar refractivity (Wildman–Crippen MR) is 63.4 cm³/mol. The molecule has 4 atom stereocenters. The highest BCUT2D eigenvalue weighted by molar-refractivity contribution is 5.80. The zero-order valence-corrected chi connectivity index (χ0v) is 10.6. The minimum atomic E-state index is -0.166. The fourth-order valence-electron chi connectivity index (χ4n) is 2.60. The first kappa shape index (κ1) is 12.8. The molecule has 98 valence electrons. The second kappa shape index (κ2) is 5.33. The molecule has 0 saturated carbocycles. The third kappa shape index (κ3) is 2.61. The molecule has 0 spiro atoms. The fraction of sp³-hybridized carbons (Fsp3) is 0.917. The molecule has 5 heteroatoms. The molecule has 5 nitrogen and oxygen atoms in total. The first-order valence-electron chi connectivity index (χ1n) is 6.28. The number of nitrogens with zero attached hydrogens (tertiary/aromatic N) is 1. The van der Waals surface area contributed by atoms with Crippen molar-refractivity contribution >= 4 is 5.91 Å². The second-order valence-corrected chi connectivity index (χ2v) is 5.13. The van der Waals surface area contributed by atoms with Crippen molar-refractivity contribution in [1.29, 1.82) is 0 Å². The first-order chi connectivity index (χ1) is 8.13. The fourth-order valence-corrected chi connectivity index (χ4v) is 2.60. The molecule has 2 heterocycles. The molecule has 0 aliphatic carbocycles. The highest BCUT2D eigenvalue weighted by atomic mass is 16.5. The molecule has 2 aliphatic rings. The summed E-state index contributed by atoms with van der Waals surface area (Å²) in [5.74, 6) is 0.474. The van der Waals surface area contributed by atoms with Crippen LogP contribution in [0.1, 0.15) is 13.3 Å². The van der Waals surface area contributed by atoms with Gasteiger partial charge in [0.05, 0.1) is 25.2 Å². The van der Waals surface area contributed by atoms with Crippen LogP contribution in [0.2, 0.25) is 0 Å². The van der Waals surface area contributed by atoms with E-state index < -0.39 is 0 Å². The van der Waals surface area contributed by atoms with Crippen molar-refractivity contribution in [2.24, 2.45) is 17.6 Å². The lowest BCUT2D eigenvalue weighted by molar-refractivity contribution is -0.140. The van der Waals surface area contributed by atoms with E-state index in [1.54, 1.807) is 7.11 Å². The molecule has 1 amide bonds. The van der Waals surface area contributed by atoms with E-state index in [0.717, 1.165) is 13.0 Å². The van der Waals surface area contributed by atoms with Crippen molar-refractivity contribution in [3.63, 3.8) is 0 Å². The predicted octanol–water partition coefficient (Wildman–Crippen LogP) is -0.156. The van der Waals surface area contributed by atoms with E-state index in [0.29, 0.717) is 25.7 Å². The highest BCUT2D eigenvalue weighted by Gasteiger charge is 2.37. The van der Waals surface area contributed by atoms with Gasteiger partial charge in [-0.3, -0.25) is 4.79 Å². The summed E-state index contributed by atoms with van der Waals surface area (Å²) in [6.07, 6.45) is 1.14. The molecule has 0 aromatic rings. The van der Waals surface area contributed by atoms with Crippen LogP contribution in [-0.4, -0.2) is 56.4 Å². The van der Waals surface area contributed by atoms with Gasteiger partial charge in [0.1, 0.15) is 0 Å². The van der Waals surface area contributed by atoms with Gasteiger partial charge in [0.2, 0.25) is 5.91 Å². The number of hydrogen-bond acceptors (Lipinski definition) is 4. The van der Waals surface area contributed by atoms with Gasteiger partial charge in [-0.05, 0) is 12.3 Å². The summed E-state index contributed by atoms with van der Waals surface area (Å²) in [6, 6.07) is -0.150.